The number of anilines is 1. The number of hydrogen-bond acceptors (Lipinski definition) is 4. The molecule has 0 bridgehead atoms. The fraction of sp³-hybridized carbons (Fsp3) is 0.267. The second-order valence-corrected chi connectivity index (χ2v) is 9.62. The van der Waals surface area contributed by atoms with Crippen molar-refractivity contribution in [1.29, 1.82) is 0 Å². The van der Waals surface area contributed by atoms with Crippen LogP contribution in [-0.2, 0) is 22.4 Å². The van der Waals surface area contributed by atoms with Gasteiger partial charge in [0.15, 0.2) is 5.11 Å². The minimum atomic E-state index is -0.436. The van der Waals surface area contributed by atoms with Gasteiger partial charge in [0.05, 0.1) is 24.1 Å². The van der Waals surface area contributed by atoms with Crippen LogP contribution in [0.4, 0.5) is 5.69 Å². The number of carbonyl (C=O) groups is 3. The minimum absolute atomic E-state index is 0.0208. The van der Waals surface area contributed by atoms with Crippen molar-refractivity contribution < 1.29 is 14.4 Å². The molecule has 7 heteroatoms. The van der Waals surface area contributed by atoms with Crippen molar-refractivity contribution in [3.8, 4) is 0 Å². The Morgan fingerprint density at radius 1 is 0.730 bits per heavy atom. The van der Waals surface area contributed by atoms with Gasteiger partial charge in [-0.05, 0) is 48.3 Å². The number of nitrogens with zero attached hydrogens (tertiary/aromatic N) is 1. The number of carbonyl (C=O) groups excluding carboxylic acids is 3. The van der Waals surface area contributed by atoms with Gasteiger partial charge in [0, 0.05) is 6.04 Å². The van der Waals surface area contributed by atoms with E-state index in [-0.39, 0.29) is 29.9 Å². The summed E-state index contributed by atoms with van der Waals surface area (Å²) in [5.41, 5.74) is 2.42. The highest BCUT2D eigenvalue weighted by molar-refractivity contribution is 7.80. The predicted molar refractivity (Wildman–Crippen MR) is 149 cm³/mol. The van der Waals surface area contributed by atoms with E-state index in [9.17, 15) is 14.4 Å². The fourth-order valence-corrected chi connectivity index (χ4v) is 4.85. The summed E-state index contributed by atoms with van der Waals surface area (Å²) in [6, 6.07) is 25.6. The molecular formula is C30H31N3O3S. The first-order valence-electron chi connectivity index (χ1n) is 12.7. The van der Waals surface area contributed by atoms with E-state index in [1.54, 1.807) is 24.3 Å². The summed E-state index contributed by atoms with van der Waals surface area (Å²) >= 11 is 5.59. The summed E-state index contributed by atoms with van der Waals surface area (Å²) in [7, 11) is 0. The number of rotatable bonds is 7. The van der Waals surface area contributed by atoms with Gasteiger partial charge in [-0.15, -0.1) is 0 Å². The zero-order chi connectivity index (χ0) is 26.0. The van der Waals surface area contributed by atoms with Crippen molar-refractivity contribution >= 4 is 40.7 Å². The lowest BCUT2D eigenvalue weighted by molar-refractivity contribution is -0.138. The van der Waals surface area contributed by atoms with Crippen molar-refractivity contribution in [2.75, 3.05) is 5.32 Å². The molecule has 4 rings (SSSR count). The maximum Gasteiger partial charge on any atom is 0.253 e. The van der Waals surface area contributed by atoms with E-state index in [0.717, 1.165) is 41.7 Å². The second-order valence-electron chi connectivity index (χ2n) is 9.23. The molecule has 0 unspecified atom stereocenters. The Balaban J connectivity index is 1.54. The molecule has 3 amide bonds. The van der Waals surface area contributed by atoms with Gasteiger partial charge in [0.2, 0.25) is 11.8 Å². The molecule has 190 valence electrons. The first-order valence-corrected chi connectivity index (χ1v) is 13.1. The minimum Gasteiger partial charge on any atom is -0.349 e. The quantitative estimate of drug-likeness (QED) is 0.420. The molecule has 0 aromatic heterocycles. The highest BCUT2D eigenvalue weighted by Gasteiger charge is 2.27. The van der Waals surface area contributed by atoms with Crippen LogP contribution in [0.5, 0.6) is 0 Å². The highest BCUT2D eigenvalue weighted by atomic mass is 32.1. The van der Waals surface area contributed by atoms with Gasteiger partial charge in [0.25, 0.3) is 5.91 Å². The Bertz CT molecular complexity index is 1190. The lowest BCUT2D eigenvalue weighted by Gasteiger charge is -2.25. The van der Waals surface area contributed by atoms with Crippen LogP contribution in [0.25, 0.3) is 0 Å². The van der Waals surface area contributed by atoms with Crippen LogP contribution in [0.3, 0.4) is 0 Å². The summed E-state index contributed by atoms with van der Waals surface area (Å²) in [4.78, 5) is 40.8. The van der Waals surface area contributed by atoms with E-state index in [4.69, 9.17) is 12.2 Å². The maximum absolute atomic E-state index is 13.4. The zero-order valence-corrected chi connectivity index (χ0v) is 21.5. The first-order chi connectivity index (χ1) is 18.0. The Labute approximate surface area is 223 Å². The van der Waals surface area contributed by atoms with Gasteiger partial charge in [-0.2, -0.15) is 0 Å². The lowest BCUT2D eigenvalue weighted by atomic mass is 9.95. The van der Waals surface area contributed by atoms with Crippen LogP contribution in [-0.4, -0.2) is 33.8 Å². The van der Waals surface area contributed by atoms with Crippen molar-refractivity contribution in [3.63, 3.8) is 0 Å². The van der Waals surface area contributed by atoms with Crippen LogP contribution >= 0.6 is 12.2 Å². The monoisotopic (exact) mass is 513 g/mol. The number of benzene rings is 3. The average molecular weight is 514 g/mol. The molecule has 0 saturated heterocycles. The lowest BCUT2D eigenvalue weighted by Crippen LogP contribution is -2.46. The molecule has 1 aliphatic carbocycles. The maximum atomic E-state index is 13.4. The number of thiocarbonyl (C=S) groups is 1. The molecule has 6 nitrogen and oxygen atoms in total. The Kier molecular flexibility index (Phi) is 9.16. The molecule has 1 aliphatic rings. The van der Waals surface area contributed by atoms with Crippen molar-refractivity contribution in [2.24, 2.45) is 0 Å². The predicted octanol–water partition coefficient (Wildman–Crippen LogP) is 5.29. The average Bonchev–Trinajstić information content (AvgIpc) is 2.91. The van der Waals surface area contributed by atoms with Gasteiger partial charge < -0.3 is 10.6 Å². The summed E-state index contributed by atoms with van der Waals surface area (Å²) in [5.74, 6) is -1.07. The third kappa shape index (κ3) is 7.33. The van der Waals surface area contributed by atoms with Gasteiger partial charge >= 0.3 is 0 Å². The third-order valence-electron chi connectivity index (χ3n) is 6.45. The highest BCUT2D eigenvalue weighted by Crippen LogP contribution is 2.21. The molecule has 3 aromatic carbocycles. The summed E-state index contributed by atoms with van der Waals surface area (Å²) < 4.78 is 0. The molecule has 37 heavy (non-hydrogen) atoms. The summed E-state index contributed by atoms with van der Waals surface area (Å²) in [5, 5.41) is 6.08. The molecule has 0 atom stereocenters. The SMILES string of the molecule is O=C(NC1CCCCC1)c1ccccc1NC(=S)N(C(=O)Cc1ccccc1)C(=O)Cc1ccccc1. The van der Waals surface area contributed by atoms with Crippen LogP contribution in [0.1, 0.15) is 53.6 Å². The number of para-hydroxylation sites is 1. The number of nitrogens with one attached hydrogen (secondary N) is 2. The fourth-order valence-electron chi connectivity index (χ4n) is 4.54. The van der Waals surface area contributed by atoms with Crippen LogP contribution in [0, 0.1) is 0 Å². The molecule has 3 aromatic rings. The Hall–Kier alpha value is -3.84. The number of hydrogen-bond donors (Lipinski definition) is 2. The summed E-state index contributed by atoms with van der Waals surface area (Å²) in [6.07, 6.45) is 5.39. The zero-order valence-electron chi connectivity index (χ0n) is 20.7. The largest absolute Gasteiger partial charge is 0.349 e. The van der Waals surface area contributed by atoms with Crippen LogP contribution < -0.4 is 10.6 Å². The molecule has 1 saturated carbocycles. The van der Waals surface area contributed by atoms with Gasteiger partial charge in [-0.25, -0.2) is 4.90 Å². The molecule has 0 heterocycles. The Morgan fingerprint density at radius 3 is 1.81 bits per heavy atom. The molecule has 0 radical (unpaired) electrons. The summed E-state index contributed by atoms with van der Waals surface area (Å²) in [6.45, 7) is 0. The van der Waals surface area contributed by atoms with E-state index in [0.29, 0.717) is 11.3 Å². The van der Waals surface area contributed by atoms with Crippen LogP contribution in [0.15, 0.2) is 84.9 Å². The number of amides is 3. The van der Waals surface area contributed by atoms with Crippen molar-refractivity contribution in [3.05, 3.63) is 102 Å². The third-order valence-corrected chi connectivity index (χ3v) is 6.74. The van der Waals surface area contributed by atoms with E-state index in [2.05, 4.69) is 10.6 Å². The number of imide groups is 1. The molecule has 0 spiro atoms. The van der Waals surface area contributed by atoms with Gasteiger partial charge in [-0.1, -0.05) is 92.1 Å². The van der Waals surface area contributed by atoms with E-state index in [1.165, 1.54) is 6.42 Å². The Morgan fingerprint density at radius 2 is 1.24 bits per heavy atom. The van der Waals surface area contributed by atoms with Gasteiger partial charge in [0.1, 0.15) is 0 Å². The van der Waals surface area contributed by atoms with Crippen molar-refractivity contribution in [1.82, 2.24) is 10.2 Å². The standard InChI is InChI=1S/C30H31N3O3S/c34-27(20-22-12-4-1-5-13-22)33(28(35)21-23-14-6-2-7-15-23)30(37)32-26-19-11-10-18-25(26)29(36)31-24-16-8-3-9-17-24/h1-2,4-7,10-15,18-19,24H,3,8-9,16-17,20-21H2,(H,31,36)(H,32,37). The van der Waals surface area contributed by atoms with E-state index < -0.39 is 11.8 Å². The topological polar surface area (TPSA) is 78.5 Å². The van der Waals surface area contributed by atoms with Gasteiger partial charge in [-0.3, -0.25) is 14.4 Å². The van der Waals surface area contributed by atoms with E-state index >= 15 is 0 Å². The van der Waals surface area contributed by atoms with E-state index in [1.807, 2.05) is 60.7 Å². The molecular weight excluding hydrogens is 482 g/mol. The molecule has 1 fully saturated rings. The molecule has 0 aliphatic heterocycles. The normalized spacial score (nSPS) is 13.4. The molecule has 2 N–H and O–H groups in total. The second kappa shape index (κ2) is 12.9. The van der Waals surface area contributed by atoms with Crippen LogP contribution in [0.2, 0.25) is 0 Å². The van der Waals surface area contributed by atoms with Crippen molar-refractivity contribution in [2.45, 2.75) is 51.0 Å². The smallest absolute Gasteiger partial charge is 0.253 e. The first kappa shape index (κ1) is 26.2.